The maximum absolute atomic E-state index is 12.5. The van der Waals surface area contributed by atoms with Gasteiger partial charge >= 0.3 is 11.4 Å². The first-order valence-corrected chi connectivity index (χ1v) is 14.6. The molecule has 0 spiro atoms. The zero-order chi connectivity index (χ0) is 32.7. The molecule has 3 aromatic heterocycles. The number of benzene rings is 2. The van der Waals surface area contributed by atoms with Gasteiger partial charge in [0.15, 0.2) is 0 Å². The van der Waals surface area contributed by atoms with E-state index < -0.39 is 22.5 Å². The lowest BCUT2D eigenvalue weighted by atomic mass is 10.1. The van der Waals surface area contributed by atoms with E-state index in [-0.39, 0.29) is 18.3 Å². The molecule has 0 aliphatic carbocycles. The minimum Gasteiger partial charge on any atom is -0.440 e. The summed E-state index contributed by atoms with van der Waals surface area (Å²) in [5.74, 6) is 1.69. The average molecular weight is 612 g/mol. The summed E-state index contributed by atoms with van der Waals surface area (Å²) in [5, 5.41) is 0. The van der Waals surface area contributed by atoms with Crippen LogP contribution in [0.1, 0.15) is 52.8 Å². The number of aryl methyl sites for hydroxylation is 4. The molecule has 0 saturated heterocycles. The van der Waals surface area contributed by atoms with Gasteiger partial charge in [-0.2, -0.15) is 0 Å². The van der Waals surface area contributed by atoms with Crippen LogP contribution in [-0.2, 0) is 19.4 Å². The summed E-state index contributed by atoms with van der Waals surface area (Å²) in [7, 11) is 0. The van der Waals surface area contributed by atoms with Crippen molar-refractivity contribution < 1.29 is 9.47 Å². The number of aromatic amines is 3. The number of hydrogen-bond donors (Lipinski definition) is 3. The fourth-order valence-corrected chi connectivity index (χ4v) is 4.95. The number of H-pyrrole nitrogens is 3. The van der Waals surface area contributed by atoms with Crippen LogP contribution in [0.25, 0.3) is 0 Å². The standard InChI is InChI=1S/C20H21N3O3.C14H16N2O3/c1-4-17-18(24)22-20(25)23(12-15-6-5-7-21-11-15)19(17)26-16-9-13(2)8-14(3)10-16;1-4-11-12(17)15-14(18)16-13(11)19-10-6-8(2)5-9(3)7-10/h5-11H,4,12H2,1-3H3,(H,22,24,25);5-7H,4H2,1-3H3,(H2,15,16,17,18). The third-order valence-corrected chi connectivity index (χ3v) is 6.84. The lowest BCUT2D eigenvalue weighted by molar-refractivity contribution is 0.413. The van der Waals surface area contributed by atoms with Crippen LogP contribution >= 0.6 is 0 Å². The minimum absolute atomic E-state index is 0.209. The molecule has 3 N–H and O–H groups in total. The van der Waals surface area contributed by atoms with E-state index in [0.29, 0.717) is 35.5 Å². The Balaban J connectivity index is 0.000000215. The summed E-state index contributed by atoms with van der Waals surface area (Å²) in [6, 6.07) is 15.2. The third kappa shape index (κ3) is 8.35. The van der Waals surface area contributed by atoms with Crippen LogP contribution < -0.4 is 32.0 Å². The quantitative estimate of drug-likeness (QED) is 0.224. The number of aromatic nitrogens is 5. The van der Waals surface area contributed by atoms with Gasteiger partial charge < -0.3 is 9.47 Å². The zero-order valence-electron chi connectivity index (χ0n) is 26.2. The van der Waals surface area contributed by atoms with E-state index >= 15 is 0 Å². The van der Waals surface area contributed by atoms with Crippen molar-refractivity contribution in [3.63, 3.8) is 0 Å². The summed E-state index contributed by atoms with van der Waals surface area (Å²) in [5.41, 5.74) is 4.01. The van der Waals surface area contributed by atoms with Gasteiger partial charge in [-0.3, -0.25) is 34.1 Å². The molecule has 0 bridgehead atoms. The van der Waals surface area contributed by atoms with Crippen molar-refractivity contribution in [2.75, 3.05) is 0 Å². The second kappa shape index (κ2) is 14.3. The predicted molar refractivity (Wildman–Crippen MR) is 173 cm³/mol. The molecule has 11 heteroatoms. The second-order valence-electron chi connectivity index (χ2n) is 10.8. The van der Waals surface area contributed by atoms with Crippen molar-refractivity contribution in [3.8, 4) is 23.3 Å². The minimum atomic E-state index is -0.568. The van der Waals surface area contributed by atoms with Gasteiger partial charge in [0.25, 0.3) is 11.1 Å². The van der Waals surface area contributed by atoms with E-state index in [2.05, 4.69) is 19.9 Å². The van der Waals surface area contributed by atoms with E-state index in [9.17, 15) is 19.2 Å². The smallest absolute Gasteiger partial charge is 0.331 e. The van der Waals surface area contributed by atoms with Crippen LogP contribution in [0.4, 0.5) is 0 Å². The van der Waals surface area contributed by atoms with Crippen molar-refractivity contribution in [1.29, 1.82) is 0 Å². The highest BCUT2D eigenvalue weighted by molar-refractivity contribution is 5.38. The van der Waals surface area contributed by atoms with E-state index in [1.54, 1.807) is 18.5 Å². The van der Waals surface area contributed by atoms with Crippen molar-refractivity contribution in [1.82, 2.24) is 24.5 Å². The lowest BCUT2D eigenvalue weighted by Gasteiger charge is -2.16. The van der Waals surface area contributed by atoms with Crippen molar-refractivity contribution in [2.45, 2.75) is 60.9 Å². The summed E-state index contributed by atoms with van der Waals surface area (Å²) in [6.45, 7) is 11.8. The Bertz CT molecular complexity index is 2000. The Labute approximate surface area is 259 Å². The van der Waals surface area contributed by atoms with Crippen LogP contribution in [0.15, 0.2) is 80.1 Å². The second-order valence-corrected chi connectivity index (χ2v) is 10.8. The number of pyridine rings is 1. The van der Waals surface area contributed by atoms with Gasteiger partial charge in [0.1, 0.15) is 11.5 Å². The molecule has 0 unspecified atom stereocenters. The Hall–Kier alpha value is -5.45. The van der Waals surface area contributed by atoms with Crippen LogP contribution in [0.5, 0.6) is 23.3 Å². The van der Waals surface area contributed by atoms with E-state index in [4.69, 9.17) is 9.47 Å². The first-order valence-electron chi connectivity index (χ1n) is 14.6. The topological polar surface area (TPSA) is 152 Å². The monoisotopic (exact) mass is 611 g/mol. The first-order chi connectivity index (χ1) is 21.5. The molecule has 0 radical (unpaired) electrons. The Morgan fingerprint density at radius 2 is 1.27 bits per heavy atom. The molecule has 45 heavy (non-hydrogen) atoms. The molecule has 0 fully saturated rings. The van der Waals surface area contributed by atoms with Crippen LogP contribution in [-0.4, -0.2) is 24.5 Å². The summed E-state index contributed by atoms with van der Waals surface area (Å²) in [4.78, 5) is 58.9. The maximum atomic E-state index is 12.5. The van der Waals surface area contributed by atoms with Gasteiger partial charge in [-0.1, -0.05) is 32.0 Å². The van der Waals surface area contributed by atoms with Gasteiger partial charge in [-0.25, -0.2) is 9.59 Å². The largest absolute Gasteiger partial charge is 0.440 e. The number of rotatable bonds is 8. The fraction of sp³-hybridized carbons (Fsp3) is 0.265. The van der Waals surface area contributed by atoms with Crippen LogP contribution in [0, 0.1) is 27.7 Å². The summed E-state index contributed by atoms with van der Waals surface area (Å²) >= 11 is 0. The molecule has 3 heterocycles. The van der Waals surface area contributed by atoms with Crippen LogP contribution in [0.2, 0.25) is 0 Å². The van der Waals surface area contributed by atoms with Gasteiger partial charge in [0.05, 0.1) is 17.7 Å². The van der Waals surface area contributed by atoms with Gasteiger partial charge in [-0.15, -0.1) is 0 Å². The molecule has 5 rings (SSSR count). The normalized spacial score (nSPS) is 10.6. The lowest BCUT2D eigenvalue weighted by Crippen LogP contribution is -2.33. The Kier molecular flexibility index (Phi) is 10.4. The summed E-state index contributed by atoms with van der Waals surface area (Å²) in [6.07, 6.45) is 4.28. The van der Waals surface area contributed by atoms with E-state index in [1.165, 1.54) is 4.57 Å². The molecule has 5 aromatic rings. The molecular weight excluding hydrogens is 574 g/mol. The molecule has 0 saturated carbocycles. The highest BCUT2D eigenvalue weighted by Gasteiger charge is 2.17. The predicted octanol–water partition coefficient (Wildman–Crippen LogP) is 4.99. The highest BCUT2D eigenvalue weighted by atomic mass is 16.5. The van der Waals surface area contributed by atoms with Crippen LogP contribution in [0.3, 0.4) is 0 Å². The molecule has 0 aliphatic rings. The highest BCUT2D eigenvalue weighted by Crippen LogP contribution is 2.26. The van der Waals surface area contributed by atoms with Gasteiger partial charge in [0, 0.05) is 12.4 Å². The molecular formula is C34H37N5O6. The fourth-order valence-electron chi connectivity index (χ4n) is 4.95. The Morgan fingerprint density at radius 3 is 1.80 bits per heavy atom. The van der Waals surface area contributed by atoms with Gasteiger partial charge in [0.2, 0.25) is 11.8 Å². The Morgan fingerprint density at radius 1 is 0.711 bits per heavy atom. The molecule has 0 amide bonds. The number of nitrogens with zero attached hydrogens (tertiary/aromatic N) is 2. The van der Waals surface area contributed by atoms with Gasteiger partial charge in [-0.05, 0) is 98.7 Å². The number of hydrogen-bond acceptors (Lipinski definition) is 7. The molecule has 0 aliphatic heterocycles. The number of ether oxygens (including phenoxy) is 2. The summed E-state index contributed by atoms with van der Waals surface area (Å²) < 4.78 is 13.1. The van der Waals surface area contributed by atoms with Crippen molar-refractivity contribution in [3.05, 3.63) is 142 Å². The average Bonchev–Trinajstić information content (AvgIpc) is 2.95. The molecule has 11 nitrogen and oxygen atoms in total. The third-order valence-electron chi connectivity index (χ3n) is 6.84. The van der Waals surface area contributed by atoms with E-state index in [0.717, 1.165) is 27.8 Å². The number of nitrogens with one attached hydrogen (secondary N) is 3. The molecule has 234 valence electrons. The molecule has 2 aromatic carbocycles. The zero-order valence-corrected chi connectivity index (χ0v) is 26.2. The van der Waals surface area contributed by atoms with Crippen molar-refractivity contribution >= 4 is 0 Å². The molecule has 0 atom stereocenters. The SMILES string of the molecule is CCc1c(Oc2cc(C)cc(C)c2)[nH]c(=O)[nH]c1=O.CCc1c(Oc2cc(C)cc(C)c2)n(Cc2cccnc2)c(=O)[nH]c1=O. The van der Waals surface area contributed by atoms with E-state index in [1.807, 2.05) is 84.0 Å². The first kappa shape index (κ1) is 32.5. The maximum Gasteiger partial charge on any atom is 0.331 e. The van der Waals surface area contributed by atoms with Crippen molar-refractivity contribution in [2.24, 2.45) is 0 Å².